The molecule has 0 amide bonds. The highest BCUT2D eigenvalue weighted by atomic mass is 19.1. The van der Waals surface area contributed by atoms with Crippen molar-refractivity contribution in [3.05, 3.63) is 35.6 Å². The summed E-state index contributed by atoms with van der Waals surface area (Å²) in [7, 11) is 0. The summed E-state index contributed by atoms with van der Waals surface area (Å²) in [6.45, 7) is -0.0584. The normalized spacial score (nSPS) is 30.3. The van der Waals surface area contributed by atoms with E-state index in [1.54, 1.807) is 18.2 Å². The van der Waals surface area contributed by atoms with E-state index in [9.17, 15) is 14.3 Å². The van der Waals surface area contributed by atoms with Crippen LogP contribution in [0.5, 0.6) is 0 Å². The lowest BCUT2D eigenvalue weighted by Crippen LogP contribution is -2.45. The summed E-state index contributed by atoms with van der Waals surface area (Å²) >= 11 is 0. The maximum Gasteiger partial charge on any atom is 0.315 e. The molecule has 1 aromatic rings. The van der Waals surface area contributed by atoms with Crippen LogP contribution in [0, 0.1) is 23.6 Å². The zero-order chi connectivity index (χ0) is 15.0. The Morgan fingerprint density at radius 2 is 2.10 bits per heavy atom. The molecule has 114 valence electrons. The van der Waals surface area contributed by atoms with Gasteiger partial charge in [-0.2, -0.15) is 0 Å². The molecule has 0 aromatic heterocycles. The molecule has 1 aromatic carbocycles. The van der Waals surface area contributed by atoms with E-state index in [0.29, 0.717) is 18.3 Å². The van der Waals surface area contributed by atoms with Crippen LogP contribution in [0.25, 0.3) is 0 Å². The van der Waals surface area contributed by atoms with Gasteiger partial charge in [-0.25, -0.2) is 4.39 Å². The first-order valence-corrected chi connectivity index (χ1v) is 7.75. The first-order chi connectivity index (χ1) is 10.1. The monoisotopic (exact) mass is 291 g/mol. The van der Waals surface area contributed by atoms with Crippen molar-refractivity contribution < 1.29 is 14.3 Å². The number of hydrogen-bond donors (Lipinski definition) is 2. The van der Waals surface area contributed by atoms with E-state index >= 15 is 0 Å². The third-order valence-corrected chi connectivity index (χ3v) is 5.64. The van der Waals surface area contributed by atoms with E-state index in [4.69, 9.17) is 5.73 Å². The quantitative estimate of drug-likeness (QED) is 0.876. The Morgan fingerprint density at radius 3 is 2.62 bits per heavy atom. The molecule has 3 rings (SSSR count). The van der Waals surface area contributed by atoms with Crippen molar-refractivity contribution in [3.63, 3.8) is 0 Å². The Labute approximate surface area is 124 Å². The van der Waals surface area contributed by atoms with Gasteiger partial charge < -0.3 is 10.8 Å². The van der Waals surface area contributed by atoms with Crippen LogP contribution in [0.1, 0.15) is 37.7 Å². The molecule has 2 aliphatic rings. The Balaban J connectivity index is 1.94. The fourth-order valence-corrected chi connectivity index (χ4v) is 4.52. The van der Waals surface area contributed by atoms with E-state index < -0.39 is 17.2 Å². The molecular weight excluding hydrogens is 269 g/mol. The third-order valence-electron chi connectivity index (χ3n) is 5.64. The summed E-state index contributed by atoms with van der Waals surface area (Å²) in [5, 5.41) is 9.79. The van der Waals surface area contributed by atoms with E-state index in [2.05, 4.69) is 0 Å². The van der Waals surface area contributed by atoms with Gasteiger partial charge in [0.05, 0.1) is 0 Å². The maximum atomic E-state index is 14.2. The second kappa shape index (κ2) is 5.41. The molecule has 2 fully saturated rings. The highest BCUT2D eigenvalue weighted by Gasteiger charge is 2.48. The van der Waals surface area contributed by atoms with Crippen LogP contribution < -0.4 is 5.73 Å². The lowest BCUT2D eigenvalue weighted by Gasteiger charge is -2.34. The molecule has 0 heterocycles. The summed E-state index contributed by atoms with van der Waals surface area (Å²) in [4.78, 5) is 12.0. The molecule has 4 unspecified atom stereocenters. The molecule has 21 heavy (non-hydrogen) atoms. The molecule has 2 bridgehead atoms. The van der Waals surface area contributed by atoms with Crippen molar-refractivity contribution in [2.75, 3.05) is 6.54 Å². The first kappa shape index (κ1) is 14.5. The lowest BCUT2D eigenvalue weighted by atomic mass is 9.70. The number of halogens is 1. The largest absolute Gasteiger partial charge is 0.481 e. The molecule has 0 radical (unpaired) electrons. The van der Waals surface area contributed by atoms with Crippen molar-refractivity contribution in [2.45, 2.75) is 37.5 Å². The predicted molar refractivity (Wildman–Crippen MR) is 78.3 cm³/mol. The Bertz CT molecular complexity index is 547. The maximum absolute atomic E-state index is 14.2. The van der Waals surface area contributed by atoms with Crippen molar-refractivity contribution in [2.24, 2.45) is 23.5 Å². The molecule has 4 heteroatoms. The van der Waals surface area contributed by atoms with Crippen molar-refractivity contribution >= 4 is 5.97 Å². The highest BCUT2D eigenvalue weighted by molar-refractivity contribution is 5.82. The van der Waals surface area contributed by atoms with Gasteiger partial charge in [0.25, 0.3) is 0 Å². The number of rotatable bonds is 5. The molecular formula is C17H22FNO2. The molecule has 3 nitrogen and oxygen atoms in total. The molecule has 2 saturated carbocycles. The summed E-state index contributed by atoms with van der Waals surface area (Å²) in [5.41, 5.74) is 4.79. The summed E-state index contributed by atoms with van der Waals surface area (Å²) in [6.07, 6.45) is 5.20. The fraction of sp³-hybridized carbons (Fsp3) is 0.588. The van der Waals surface area contributed by atoms with Crippen LogP contribution in [0.3, 0.4) is 0 Å². The van der Waals surface area contributed by atoms with E-state index in [1.165, 1.54) is 25.3 Å². The molecule has 4 atom stereocenters. The van der Waals surface area contributed by atoms with Crippen LogP contribution >= 0.6 is 0 Å². The Kier molecular flexibility index (Phi) is 3.74. The van der Waals surface area contributed by atoms with Crippen LogP contribution in [0.2, 0.25) is 0 Å². The van der Waals surface area contributed by atoms with Gasteiger partial charge in [0.2, 0.25) is 0 Å². The molecule has 0 saturated heterocycles. The van der Waals surface area contributed by atoms with Crippen LogP contribution in [0.15, 0.2) is 24.3 Å². The fourth-order valence-electron chi connectivity index (χ4n) is 4.52. The average Bonchev–Trinajstić information content (AvgIpc) is 3.07. The van der Waals surface area contributed by atoms with Gasteiger partial charge in [-0.3, -0.25) is 4.79 Å². The van der Waals surface area contributed by atoms with Gasteiger partial charge in [0.1, 0.15) is 11.2 Å². The van der Waals surface area contributed by atoms with Gasteiger partial charge in [-0.15, -0.1) is 0 Å². The zero-order valence-electron chi connectivity index (χ0n) is 12.1. The Hall–Kier alpha value is -1.42. The van der Waals surface area contributed by atoms with Crippen LogP contribution in [0.4, 0.5) is 4.39 Å². The number of carboxylic acid groups (broad SMARTS) is 1. The van der Waals surface area contributed by atoms with Crippen molar-refractivity contribution in [1.29, 1.82) is 0 Å². The van der Waals surface area contributed by atoms with Crippen LogP contribution in [-0.4, -0.2) is 17.6 Å². The third kappa shape index (κ3) is 2.35. The topological polar surface area (TPSA) is 63.3 Å². The van der Waals surface area contributed by atoms with E-state index in [1.807, 2.05) is 0 Å². The second-order valence-electron chi connectivity index (χ2n) is 6.71. The minimum absolute atomic E-state index is 0.0584. The predicted octanol–water partition coefficient (Wildman–Crippen LogP) is 2.93. The summed E-state index contributed by atoms with van der Waals surface area (Å²) in [5.74, 6) is 0.242. The summed E-state index contributed by atoms with van der Waals surface area (Å²) in [6, 6.07) is 6.17. The van der Waals surface area contributed by atoms with Gasteiger partial charge in [0, 0.05) is 12.1 Å². The minimum atomic E-state index is -1.29. The van der Waals surface area contributed by atoms with Gasteiger partial charge in [-0.1, -0.05) is 24.6 Å². The molecule has 3 N–H and O–H groups in total. The number of benzene rings is 1. The number of nitrogens with two attached hydrogens (primary N) is 1. The number of aliphatic carboxylic acids is 1. The smallest absolute Gasteiger partial charge is 0.315 e. The second-order valence-corrected chi connectivity index (χ2v) is 6.71. The molecule has 0 aliphatic heterocycles. The number of carboxylic acids is 1. The van der Waals surface area contributed by atoms with E-state index in [0.717, 1.165) is 12.3 Å². The highest BCUT2D eigenvalue weighted by Crippen LogP contribution is 2.52. The van der Waals surface area contributed by atoms with Gasteiger partial charge in [0.15, 0.2) is 0 Å². The lowest BCUT2D eigenvalue weighted by molar-refractivity contribution is -0.144. The minimum Gasteiger partial charge on any atom is -0.481 e. The molecule has 2 aliphatic carbocycles. The zero-order valence-corrected chi connectivity index (χ0v) is 12.1. The number of carbonyl (C=O) groups is 1. The molecule has 0 spiro atoms. The number of hydrogen-bond acceptors (Lipinski definition) is 2. The van der Waals surface area contributed by atoms with Crippen molar-refractivity contribution in [3.8, 4) is 0 Å². The van der Waals surface area contributed by atoms with E-state index in [-0.39, 0.29) is 12.1 Å². The standard InChI is InChI=1S/C17H22FNO2/c18-15-4-2-1-3-14(15)17(10-19,16(20)21)9-13-8-11-5-6-12(13)7-11/h1-4,11-13H,5-10,19H2,(H,20,21). The first-order valence-electron chi connectivity index (χ1n) is 7.75. The Morgan fingerprint density at radius 1 is 1.33 bits per heavy atom. The van der Waals surface area contributed by atoms with Crippen molar-refractivity contribution in [1.82, 2.24) is 0 Å². The summed E-state index contributed by atoms with van der Waals surface area (Å²) < 4.78 is 14.2. The van der Waals surface area contributed by atoms with Gasteiger partial charge >= 0.3 is 5.97 Å². The van der Waals surface area contributed by atoms with Gasteiger partial charge in [-0.05, 0) is 49.5 Å². The SMILES string of the molecule is NCC(CC1CC2CCC1C2)(C(=O)O)c1ccccc1F. The van der Waals surface area contributed by atoms with Crippen LogP contribution in [-0.2, 0) is 10.2 Å². The average molecular weight is 291 g/mol. The number of fused-ring (bicyclic) bond motifs is 2.